The second-order valence-electron chi connectivity index (χ2n) is 8.99. The number of aromatic nitrogens is 2. The van der Waals surface area contributed by atoms with Gasteiger partial charge < -0.3 is 24.4 Å². The van der Waals surface area contributed by atoms with E-state index in [1.807, 2.05) is 42.5 Å². The van der Waals surface area contributed by atoms with Crippen LogP contribution in [0.5, 0.6) is 0 Å². The number of carbonyl (C=O) groups is 2. The van der Waals surface area contributed by atoms with Crippen LogP contribution < -0.4 is 15.8 Å². The SMILES string of the molecule is CN(CCOC(=O)C(Cc1cc(=O)[nH]c2ccccc12)NC(=O)c1ccc(Cl)cc1)c1nc2ccccc2o1. The number of para-hydroxylation sites is 3. The summed E-state index contributed by atoms with van der Waals surface area (Å²) in [5, 5.41) is 4.02. The molecule has 39 heavy (non-hydrogen) atoms. The minimum atomic E-state index is -1.05. The van der Waals surface area contributed by atoms with Crippen molar-refractivity contribution in [3.8, 4) is 0 Å². The first-order valence-corrected chi connectivity index (χ1v) is 12.7. The van der Waals surface area contributed by atoms with Crippen LogP contribution in [0.1, 0.15) is 15.9 Å². The molecular formula is C29H25ClN4O5. The Morgan fingerprint density at radius 1 is 1.08 bits per heavy atom. The standard InChI is InChI=1S/C29H25ClN4O5/c1-34(29-33-23-8-4-5-9-25(23)39-29)14-15-38-28(37)24(32-27(36)18-10-12-20(30)13-11-18)16-19-17-26(35)31-22-7-3-2-6-21(19)22/h2-13,17,24H,14-16H2,1H3,(H,31,35)(H,32,36). The van der Waals surface area contributed by atoms with E-state index in [1.54, 1.807) is 42.3 Å². The fraction of sp³-hybridized carbons (Fsp3) is 0.172. The molecule has 3 aromatic carbocycles. The van der Waals surface area contributed by atoms with E-state index in [2.05, 4.69) is 15.3 Å². The highest BCUT2D eigenvalue weighted by atomic mass is 35.5. The molecule has 10 heteroatoms. The Morgan fingerprint density at radius 3 is 2.62 bits per heavy atom. The number of halogens is 1. The molecule has 0 fully saturated rings. The number of nitrogens with zero attached hydrogens (tertiary/aromatic N) is 2. The molecular weight excluding hydrogens is 520 g/mol. The maximum absolute atomic E-state index is 13.2. The van der Waals surface area contributed by atoms with Crippen LogP contribution in [0.2, 0.25) is 5.02 Å². The number of fused-ring (bicyclic) bond motifs is 2. The number of aromatic amines is 1. The molecule has 0 bridgehead atoms. The monoisotopic (exact) mass is 544 g/mol. The summed E-state index contributed by atoms with van der Waals surface area (Å²) in [6.07, 6.45) is 0.0591. The Kier molecular flexibility index (Phi) is 7.60. The second kappa shape index (κ2) is 11.4. The topological polar surface area (TPSA) is 118 Å². The molecule has 198 valence electrons. The molecule has 9 nitrogen and oxygen atoms in total. The predicted octanol–water partition coefficient (Wildman–Crippen LogP) is 4.34. The quantitative estimate of drug-likeness (QED) is 0.265. The molecule has 1 atom stereocenters. The summed E-state index contributed by atoms with van der Waals surface area (Å²) in [6.45, 7) is 0.335. The Morgan fingerprint density at radius 2 is 1.82 bits per heavy atom. The van der Waals surface area contributed by atoms with E-state index >= 15 is 0 Å². The first kappa shape index (κ1) is 26.0. The van der Waals surface area contributed by atoms with Crippen molar-refractivity contribution in [1.82, 2.24) is 15.3 Å². The zero-order chi connectivity index (χ0) is 27.4. The van der Waals surface area contributed by atoms with Crippen LogP contribution in [-0.2, 0) is 16.0 Å². The molecule has 2 N–H and O–H groups in total. The highest BCUT2D eigenvalue weighted by Crippen LogP contribution is 2.21. The van der Waals surface area contributed by atoms with Gasteiger partial charge >= 0.3 is 5.97 Å². The zero-order valence-electron chi connectivity index (χ0n) is 21.0. The summed E-state index contributed by atoms with van der Waals surface area (Å²) in [6, 6.07) is 21.8. The maximum Gasteiger partial charge on any atom is 0.329 e. The summed E-state index contributed by atoms with van der Waals surface area (Å²) >= 11 is 5.95. The van der Waals surface area contributed by atoms with Crippen molar-refractivity contribution in [3.05, 3.63) is 105 Å². The Hall–Kier alpha value is -4.63. The van der Waals surface area contributed by atoms with Gasteiger partial charge in [-0.15, -0.1) is 0 Å². The van der Waals surface area contributed by atoms with Crippen molar-refractivity contribution < 1.29 is 18.7 Å². The van der Waals surface area contributed by atoms with Crippen molar-refractivity contribution in [1.29, 1.82) is 0 Å². The third kappa shape index (κ3) is 6.10. The Bertz CT molecular complexity index is 1660. The summed E-state index contributed by atoms with van der Waals surface area (Å²) in [7, 11) is 1.78. The molecule has 0 aliphatic heterocycles. The number of amides is 1. The van der Waals surface area contributed by atoms with E-state index in [0.29, 0.717) is 39.8 Å². The fourth-order valence-electron chi connectivity index (χ4n) is 4.20. The van der Waals surface area contributed by atoms with E-state index in [9.17, 15) is 14.4 Å². The van der Waals surface area contributed by atoms with Crippen molar-refractivity contribution in [3.63, 3.8) is 0 Å². The molecule has 1 unspecified atom stereocenters. The van der Waals surface area contributed by atoms with Gasteiger partial charge in [0.25, 0.3) is 11.9 Å². The molecule has 2 aromatic heterocycles. The molecule has 5 aromatic rings. The highest BCUT2D eigenvalue weighted by molar-refractivity contribution is 6.30. The van der Waals surface area contributed by atoms with Gasteiger partial charge in [0.1, 0.15) is 18.2 Å². The second-order valence-corrected chi connectivity index (χ2v) is 9.43. The van der Waals surface area contributed by atoms with Gasteiger partial charge in [-0.25, -0.2) is 4.79 Å². The van der Waals surface area contributed by atoms with Crippen molar-refractivity contribution in [2.45, 2.75) is 12.5 Å². The number of carbonyl (C=O) groups excluding carboxylic acids is 2. The maximum atomic E-state index is 13.2. The van der Waals surface area contributed by atoms with Gasteiger partial charge in [-0.05, 0) is 48.0 Å². The molecule has 0 saturated carbocycles. The predicted molar refractivity (Wildman–Crippen MR) is 149 cm³/mol. The zero-order valence-corrected chi connectivity index (χ0v) is 21.8. The van der Waals surface area contributed by atoms with Crippen LogP contribution in [0.4, 0.5) is 6.01 Å². The van der Waals surface area contributed by atoms with Crippen LogP contribution in [-0.4, -0.2) is 48.1 Å². The number of nitrogens with one attached hydrogen (secondary N) is 2. The molecule has 0 radical (unpaired) electrons. The number of H-pyrrole nitrogens is 1. The van der Waals surface area contributed by atoms with E-state index in [4.69, 9.17) is 20.8 Å². The number of likely N-dealkylation sites (N-methyl/N-ethyl adjacent to an activating group) is 1. The average molecular weight is 545 g/mol. The summed E-state index contributed by atoms with van der Waals surface area (Å²) in [4.78, 5) is 47.5. The van der Waals surface area contributed by atoms with E-state index in [-0.39, 0.29) is 18.6 Å². The molecule has 0 aliphatic carbocycles. The van der Waals surface area contributed by atoms with Crippen LogP contribution >= 0.6 is 11.6 Å². The first-order chi connectivity index (χ1) is 18.9. The van der Waals surface area contributed by atoms with Crippen LogP contribution in [0.3, 0.4) is 0 Å². The van der Waals surface area contributed by atoms with Gasteiger partial charge in [0.05, 0.1) is 6.54 Å². The van der Waals surface area contributed by atoms with Crippen LogP contribution in [0, 0.1) is 0 Å². The lowest BCUT2D eigenvalue weighted by molar-refractivity contribution is -0.145. The number of ether oxygens (including phenoxy) is 1. The molecule has 0 saturated heterocycles. The van der Waals surface area contributed by atoms with E-state index in [1.165, 1.54) is 6.07 Å². The lowest BCUT2D eigenvalue weighted by Gasteiger charge is -2.20. The van der Waals surface area contributed by atoms with Gasteiger partial charge in [0.15, 0.2) is 5.58 Å². The number of hydrogen-bond acceptors (Lipinski definition) is 7. The summed E-state index contributed by atoms with van der Waals surface area (Å²) < 4.78 is 11.3. The third-order valence-electron chi connectivity index (χ3n) is 6.24. The van der Waals surface area contributed by atoms with Crippen molar-refractivity contribution in [2.24, 2.45) is 0 Å². The van der Waals surface area contributed by atoms with Gasteiger partial charge in [-0.3, -0.25) is 9.59 Å². The third-order valence-corrected chi connectivity index (χ3v) is 6.49. The Labute approximate surface area is 228 Å². The highest BCUT2D eigenvalue weighted by Gasteiger charge is 2.25. The molecule has 1 amide bonds. The molecule has 0 spiro atoms. The Balaban J connectivity index is 1.32. The minimum Gasteiger partial charge on any atom is -0.462 e. The normalized spacial score (nSPS) is 11.8. The summed E-state index contributed by atoms with van der Waals surface area (Å²) in [5.41, 5.74) is 2.66. The van der Waals surface area contributed by atoms with Crippen molar-refractivity contribution in [2.75, 3.05) is 25.1 Å². The molecule has 5 rings (SSSR count). The van der Waals surface area contributed by atoms with Crippen LogP contribution in [0.15, 0.2) is 88.1 Å². The lowest BCUT2D eigenvalue weighted by Crippen LogP contribution is -2.44. The number of hydrogen-bond donors (Lipinski definition) is 2. The lowest BCUT2D eigenvalue weighted by atomic mass is 10.0. The number of benzene rings is 3. The number of pyridine rings is 1. The number of rotatable bonds is 9. The first-order valence-electron chi connectivity index (χ1n) is 12.3. The van der Waals surface area contributed by atoms with Gasteiger partial charge in [-0.1, -0.05) is 41.9 Å². The largest absolute Gasteiger partial charge is 0.462 e. The van der Waals surface area contributed by atoms with Gasteiger partial charge in [0.2, 0.25) is 5.56 Å². The number of esters is 1. The van der Waals surface area contributed by atoms with E-state index in [0.717, 1.165) is 10.9 Å². The fourth-order valence-corrected chi connectivity index (χ4v) is 4.33. The minimum absolute atomic E-state index is 0.0253. The number of anilines is 1. The summed E-state index contributed by atoms with van der Waals surface area (Å²) in [5.74, 6) is -1.10. The van der Waals surface area contributed by atoms with Gasteiger partial charge in [0, 0.05) is 41.0 Å². The molecule has 0 aliphatic rings. The number of oxazole rings is 1. The van der Waals surface area contributed by atoms with Crippen molar-refractivity contribution >= 4 is 51.5 Å². The van der Waals surface area contributed by atoms with Crippen LogP contribution in [0.25, 0.3) is 22.0 Å². The molecule has 2 heterocycles. The van der Waals surface area contributed by atoms with E-state index < -0.39 is 17.9 Å². The average Bonchev–Trinajstić information content (AvgIpc) is 3.37. The smallest absolute Gasteiger partial charge is 0.329 e. The van der Waals surface area contributed by atoms with Gasteiger partial charge in [-0.2, -0.15) is 4.98 Å².